The van der Waals surface area contributed by atoms with Crippen molar-refractivity contribution in [3.05, 3.63) is 24.0 Å². The molecule has 4 nitrogen and oxygen atoms in total. The summed E-state index contributed by atoms with van der Waals surface area (Å²) in [6.07, 6.45) is 0.774. The van der Waals surface area contributed by atoms with Crippen molar-refractivity contribution in [2.45, 2.75) is 6.42 Å². The number of rotatable bonds is 3. The lowest BCUT2D eigenvalue weighted by atomic mass is 10.1. The summed E-state index contributed by atoms with van der Waals surface area (Å²) in [7, 11) is 1.88. The second-order valence-corrected chi connectivity index (χ2v) is 3.13. The van der Waals surface area contributed by atoms with Gasteiger partial charge in [0.05, 0.1) is 0 Å². The van der Waals surface area contributed by atoms with Gasteiger partial charge in [0.15, 0.2) is 5.52 Å². The maximum atomic E-state index is 9.47. The van der Waals surface area contributed by atoms with Crippen molar-refractivity contribution < 1.29 is 9.63 Å². The van der Waals surface area contributed by atoms with Crippen LogP contribution in [-0.4, -0.2) is 23.9 Å². The minimum Gasteiger partial charge on any atom is -0.506 e. The van der Waals surface area contributed by atoms with Crippen LogP contribution in [0.4, 0.5) is 0 Å². The third-order valence-corrected chi connectivity index (χ3v) is 2.16. The fourth-order valence-corrected chi connectivity index (χ4v) is 1.42. The standard InChI is InChI=1S/C10H12N2O2/c1-11-6-5-9-7-3-2-4-8(13)10(7)12-14-9/h2-4,11,13H,5-6H2,1H3. The molecule has 2 N–H and O–H groups in total. The van der Waals surface area contributed by atoms with Gasteiger partial charge in [0.25, 0.3) is 0 Å². The fraction of sp³-hybridized carbons (Fsp3) is 0.300. The lowest BCUT2D eigenvalue weighted by molar-refractivity contribution is 0.386. The van der Waals surface area contributed by atoms with Crippen LogP contribution < -0.4 is 5.32 Å². The zero-order valence-corrected chi connectivity index (χ0v) is 7.95. The Morgan fingerprint density at radius 3 is 3.14 bits per heavy atom. The van der Waals surface area contributed by atoms with E-state index in [9.17, 15) is 5.11 Å². The molecule has 0 saturated carbocycles. The van der Waals surface area contributed by atoms with E-state index in [0.717, 1.165) is 24.1 Å². The SMILES string of the molecule is CNCCc1onc2c(O)cccc12. The number of phenolic OH excluding ortho intramolecular Hbond substituents is 1. The Balaban J connectivity index is 2.42. The van der Waals surface area contributed by atoms with Gasteiger partial charge >= 0.3 is 0 Å². The first-order valence-corrected chi connectivity index (χ1v) is 4.54. The van der Waals surface area contributed by atoms with Crippen LogP contribution in [0.3, 0.4) is 0 Å². The van der Waals surface area contributed by atoms with Crippen LogP contribution in [0.1, 0.15) is 5.76 Å². The molecule has 1 aromatic heterocycles. The molecule has 0 bridgehead atoms. The molecule has 14 heavy (non-hydrogen) atoms. The van der Waals surface area contributed by atoms with E-state index in [-0.39, 0.29) is 5.75 Å². The Bertz CT molecular complexity index is 437. The molecular formula is C10H12N2O2. The number of aromatic nitrogens is 1. The Hall–Kier alpha value is -1.55. The average molecular weight is 192 g/mol. The Labute approximate surface area is 81.5 Å². The Morgan fingerprint density at radius 2 is 2.36 bits per heavy atom. The van der Waals surface area contributed by atoms with E-state index in [1.54, 1.807) is 12.1 Å². The number of aromatic hydroxyl groups is 1. The molecule has 0 amide bonds. The predicted molar refractivity (Wildman–Crippen MR) is 53.3 cm³/mol. The van der Waals surface area contributed by atoms with Gasteiger partial charge in [-0.05, 0) is 19.2 Å². The number of nitrogens with one attached hydrogen (secondary N) is 1. The second kappa shape index (κ2) is 3.67. The number of hydrogen-bond acceptors (Lipinski definition) is 4. The zero-order valence-electron chi connectivity index (χ0n) is 7.95. The molecule has 0 aliphatic rings. The van der Waals surface area contributed by atoms with E-state index in [1.807, 2.05) is 13.1 Å². The van der Waals surface area contributed by atoms with Gasteiger partial charge in [-0.3, -0.25) is 0 Å². The molecule has 0 aliphatic heterocycles. The number of phenols is 1. The maximum Gasteiger partial charge on any atom is 0.155 e. The Kier molecular flexibility index (Phi) is 2.37. The first kappa shape index (κ1) is 9.02. The fourth-order valence-electron chi connectivity index (χ4n) is 1.42. The first-order chi connectivity index (χ1) is 6.83. The van der Waals surface area contributed by atoms with Gasteiger partial charge in [0.2, 0.25) is 0 Å². The highest BCUT2D eigenvalue weighted by atomic mass is 16.5. The van der Waals surface area contributed by atoms with Crippen LogP contribution in [0.2, 0.25) is 0 Å². The van der Waals surface area contributed by atoms with Gasteiger partial charge in [-0.25, -0.2) is 0 Å². The van der Waals surface area contributed by atoms with Crippen molar-refractivity contribution in [3.63, 3.8) is 0 Å². The lowest BCUT2D eigenvalue weighted by Crippen LogP contribution is -2.09. The Morgan fingerprint density at radius 1 is 1.50 bits per heavy atom. The van der Waals surface area contributed by atoms with Crippen LogP contribution in [0.5, 0.6) is 5.75 Å². The third kappa shape index (κ3) is 1.44. The molecule has 0 unspecified atom stereocenters. The van der Waals surface area contributed by atoms with Crippen LogP contribution in [0.15, 0.2) is 22.7 Å². The average Bonchev–Trinajstić information content (AvgIpc) is 2.60. The molecule has 0 saturated heterocycles. The summed E-state index contributed by atoms with van der Waals surface area (Å²) in [5.74, 6) is 0.979. The first-order valence-electron chi connectivity index (χ1n) is 4.54. The largest absolute Gasteiger partial charge is 0.506 e. The van der Waals surface area contributed by atoms with E-state index in [1.165, 1.54) is 0 Å². The smallest absolute Gasteiger partial charge is 0.155 e. The van der Waals surface area contributed by atoms with Crippen molar-refractivity contribution >= 4 is 10.9 Å². The number of benzene rings is 1. The van der Waals surface area contributed by atoms with Crippen molar-refractivity contribution in [1.29, 1.82) is 0 Å². The molecule has 0 atom stereocenters. The van der Waals surface area contributed by atoms with Gasteiger partial charge in [-0.15, -0.1) is 0 Å². The highest BCUT2D eigenvalue weighted by molar-refractivity contribution is 5.85. The van der Waals surface area contributed by atoms with E-state index in [0.29, 0.717) is 5.52 Å². The van der Waals surface area contributed by atoms with Crippen molar-refractivity contribution in [2.24, 2.45) is 0 Å². The summed E-state index contributed by atoms with van der Waals surface area (Å²) < 4.78 is 5.15. The van der Waals surface area contributed by atoms with Gasteiger partial charge in [-0.2, -0.15) is 0 Å². The summed E-state index contributed by atoms with van der Waals surface area (Å²) in [4.78, 5) is 0. The highest BCUT2D eigenvalue weighted by Crippen LogP contribution is 2.25. The number of likely N-dealkylation sites (N-methyl/N-ethyl adjacent to an activating group) is 1. The van der Waals surface area contributed by atoms with Crippen LogP contribution in [-0.2, 0) is 6.42 Å². The molecule has 0 radical (unpaired) electrons. The minimum atomic E-state index is 0.168. The third-order valence-electron chi connectivity index (χ3n) is 2.16. The van der Waals surface area contributed by atoms with E-state index in [2.05, 4.69) is 10.5 Å². The molecule has 0 fully saturated rings. The van der Waals surface area contributed by atoms with Gasteiger partial charge in [0.1, 0.15) is 11.5 Å². The molecule has 2 aromatic rings. The molecule has 0 aliphatic carbocycles. The van der Waals surface area contributed by atoms with E-state index in [4.69, 9.17) is 4.52 Å². The van der Waals surface area contributed by atoms with Crippen LogP contribution in [0.25, 0.3) is 10.9 Å². The van der Waals surface area contributed by atoms with E-state index < -0.39 is 0 Å². The second-order valence-electron chi connectivity index (χ2n) is 3.13. The molecular weight excluding hydrogens is 180 g/mol. The maximum absolute atomic E-state index is 9.47. The molecule has 1 aromatic carbocycles. The number of fused-ring (bicyclic) bond motifs is 1. The van der Waals surface area contributed by atoms with Crippen LogP contribution >= 0.6 is 0 Å². The van der Waals surface area contributed by atoms with Gasteiger partial charge in [-0.1, -0.05) is 11.2 Å². The molecule has 1 heterocycles. The predicted octanol–water partition coefficient (Wildman–Crippen LogP) is 1.30. The summed E-state index contributed by atoms with van der Waals surface area (Å²) in [6, 6.07) is 5.29. The van der Waals surface area contributed by atoms with Gasteiger partial charge < -0.3 is 14.9 Å². The van der Waals surface area contributed by atoms with E-state index >= 15 is 0 Å². The molecule has 74 valence electrons. The summed E-state index contributed by atoms with van der Waals surface area (Å²) in [5.41, 5.74) is 0.540. The summed E-state index contributed by atoms with van der Waals surface area (Å²) >= 11 is 0. The monoisotopic (exact) mass is 192 g/mol. The number of nitrogens with zero attached hydrogens (tertiary/aromatic N) is 1. The van der Waals surface area contributed by atoms with Crippen LogP contribution in [0, 0.1) is 0 Å². The van der Waals surface area contributed by atoms with Crippen molar-refractivity contribution in [1.82, 2.24) is 10.5 Å². The molecule has 4 heteroatoms. The van der Waals surface area contributed by atoms with Crippen molar-refractivity contribution in [2.75, 3.05) is 13.6 Å². The molecule has 0 spiro atoms. The summed E-state index contributed by atoms with van der Waals surface area (Å²) in [6.45, 7) is 0.833. The molecule has 2 rings (SSSR count). The number of hydrogen-bond donors (Lipinski definition) is 2. The lowest BCUT2D eigenvalue weighted by Gasteiger charge is -1.95. The quantitative estimate of drug-likeness (QED) is 0.769. The topological polar surface area (TPSA) is 58.3 Å². The minimum absolute atomic E-state index is 0.168. The normalized spacial score (nSPS) is 10.9. The summed E-state index contributed by atoms with van der Waals surface area (Å²) in [5, 5.41) is 17.2. The van der Waals surface area contributed by atoms with Gasteiger partial charge in [0, 0.05) is 18.4 Å². The van der Waals surface area contributed by atoms with Crippen molar-refractivity contribution in [3.8, 4) is 5.75 Å². The zero-order chi connectivity index (χ0) is 9.97. The highest BCUT2D eigenvalue weighted by Gasteiger charge is 2.09.